The predicted octanol–water partition coefficient (Wildman–Crippen LogP) is 3.92. The minimum Gasteiger partial charge on any atom is -0.437 e. The summed E-state index contributed by atoms with van der Waals surface area (Å²) < 4.78 is 5.77. The van der Waals surface area contributed by atoms with Crippen molar-refractivity contribution in [3.8, 4) is 11.8 Å². The van der Waals surface area contributed by atoms with E-state index in [4.69, 9.17) is 4.74 Å². The van der Waals surface area contributed by atoms with Crippen molar-refractivity contribution in [2.24, 2.45) is 0 Å². The summed E-state index contributed by atoms with van der Waals surface area (Å²) in [5.41, 5.74) is 1.76. The number of nitrogens with zero attached hydrogens (tertiary/aromatic N) is 3. The van der Waals surface area contributed by atoms with Gasteiger partial charge in [0.25, 0.3) is 0 Å². The second-order valence-electron chi connectivity index (χ2n) is 6.28. The first-order valence-electron chi connectivity index (χ1n) is 8.62. The van der Waals surface area contributed by atoms with Crippen molar-refractivity contribution in [2.75, 3.05) is 10.6 Å². The highest BCUT2D eigenvalue weighted by molar-refractivity contribution is 5.81. The van der Waals surface area contributed by atoms with Crippen molar-refractivity contribution in [3.63, 3.8) is 0 Å². The Morgan fingerprint density at radius 1 is 1.20 bits per heavy atom. The highest BCUT2D eigenvalue weighted by Gasteiger charge is 2.22. The standard InChI is InChI=1S/C19H19N5O/c20-12-14(18-23-16-8-4-5-9-17(16)25-18)15-10-11-21-19(24-15)22-13-6-2-1-3-7-13/h4-5,8-11,13,23H,1-3,6-7H2,(H,21,22,24). The fourth-order valence-corrected chi connectivity index (χ4v) is 3.25. The first-order valence-corrected chi connectivity index (χ1v) is 8.62. The number of allylic oxidation sites excluding steroid dienone is 1. The molecular formula is C19H19N5O. The summed E-state index contributed by atoms with van der Waals surface area (Å²) in [6, 6.07) is 11.9. The average Bonchev–Trinajstić information content (AvgIpc) is 3.07. The molecule has 0 radical (unpaired) electrons. The van der Waals surface area contributed by atoms with Crippen LogP contribution in [0.4, 0.5) is 11.6 Å². The molecule has 1 fully saturated rings. The van der Waals surface area contributed by atoms with Crippen molar-refractivity contribution in [2.45, 2.75) is 38.1 Å². The normalized spacial score (nSPS) is 18.5. The van der Waals surface area contributed by atoms with E-state index in [-0.39, 0.29) is 0 Å². The Kier molecular flexibility index (Phi) is 4.21. The summed E-state index contributed by atoms with van der Waals surface area (Å²) in [6.45, 7) is 0. The maximum atomic E-state index is 9.62. The van der Waals surface area contributed by atoms with Crippen LogP contribution in [0.1, 0.15) is 37.8 Å². The van der Waals surface area contributed by atoms with Crippen molar-refractivity contribution >= 4 is 17.2 Å². The molecule has 0 atom stereocenters. The van der Waals surface area contributed by atoms with Crippen LogP contribution in [0.2, 0.25) is 0 Å². The van der Waals surface area contributed by atoms with Crippen LogP contribution in [-0.2, 0) is 0 Å². The first kappa shape index (κ1) is 15.5. The molecule has 0 saturated heterocycles. The van der Waals surface area contributed by atoms with Gasteiger partial charge >= 0.3 is 0 Å². The maximum Gasteiger partial charge on any atom is 0.223 e. The minimum atomic E-state index is 0.366. The lowest BCUT2D eigenvalue weighted by molar-refractivity contribution is 0.459. The van der Waals surface area contributed by atoms with E-state index in [2.05, 4.69) is 26.7 Å². The molecule has 4 rings (SSSR count). The predicted molar refractivity (Wildman–Crippen MR) is 95.8 cm³/mol. The molecule has 1 aliphatic heterocycles. The molecule has 0 bridgehead atoms. The van der Waals surface area contributed by atoms with Crippen molar-refractivity contribution < 1.29 is 4.74 Å². The van der Waals surface area contributed by atoms with E-state index in [0.717, 1.165) is 18.5 Å². The number of hydrogen-bond donors (Lipinski definition) is 2. The number of aromatic nitrogens is 2. The lowest BCUT2D eigenvalue weighted by Crippen LogP contribution is -2.23. The van der Waals surface area contributed by atoms with Crippen LogP contribution >= 0.6 is 0 Å². The molecule has 0 amide bonds. The summed E-state index contributed by atoms with van der Waals surface area (Å²) in [6.07, 6.45) is 7.72. The molecule has 1 aliphatic carbocycles. The number of ether oxygens (including phenoxy) is 1. The van der Waals surface area contributed by atoms with Gasteiger partial charge in [0.1, 0.15) is 11.6 Å². The Balaban J connectivity index is 1.59. The molecule has 126 valence electrons. The van der Waals surface area contributed by atoms with Gasteiger partial charge in [-0.2, -0.15) is 5.26 Å². The van der Waals surface area contributed by atoms with Gasteiger partial charge in [-0.25, -0.2) is 9.97 Å². The summed E-state index contributed by atoms with van der Waals surface area (Å²) in [5.74, 6) is 1.68. The lowest BCUT2D eigenvalue weighted by atomic mass is 9.96. The Labute approximate surface area is 146 Å². The van der Waals surface area contributed by atoms with Crippen molar-refractivity contribution in [1.82, 2.24) is 9.97 Å². The number of anilines is 2. The van der Waals surface area contributed by atoms with Gasteiger partial charge in [0.15, 0.2) is 5.75 Å². The highest BCUT2D eigenvalue weighted by Crippen LogP contribution is 2.35. The quantitative estimate of drug-likeness (QED) is 0.829. The molecule has 6 heteroatoms. The van der Waals surface area contributed by atoms with E-state index in [1.54, 1.807) is 12.3 Å². The molecule has 2 N–H and O–H groups in total. The Morgan fingerprint density at radius 3 is 2.84 bits per heavy atom. The van der Waals surface area contributed by atoms with Gasteiger partial charge in [-0.15, -0.1) is 0 Å². The highest BCUT2D eigenvalue weighted by atomic mass is 16.5. The van der Waals surface area contributed by atoms with Crippen molar-refractivity contribution in [1.29, 1.82) is 5.26 Å². The van der Waals surface area contributed by atoms with Gasteiger partial charge in [-0.05, 0) is 31.0 Å². The number of benzene rings is 1. The van der Waals surface area contributed by atoms with Gasteiger partial charge in [0.05, 0.1) is 11.4 Å². The van der Waals surface area contributed by atoms with Crippen LogP contribution in [0.25, 0.3) is 5.57 Å². The van der Waals surface area contributed by atoms with E-state index in [9.17, 15) is 5.26 Å². The van der Waals surface area contributed by atoms with Crippen LogP contribution in [0.5, 0.6) is 5.75 Å². The lowest BCUT2D eigenvalue weighted by Gasteiger charge is -2.22. The largest absolute Gasteiger partial charge is 0.437 e. The molecule has 1 aromatic heterocycles. The van der Waals surface area contributed by atoms with Crippen LogP contribution in [-0.4, -0.2) is 16.0 Å². The molecule has 1 aromatic carbocycles. The first-order chi connectivity index (χ1) is 12.3. The van der Waals surface area contributed by atoms with Crippen molar-refractivity contribution in [3.05, 3.63) is 48.1 Å². The summed E-state index contributed by atoms with van der Waals surface area (Å²) in [5, 5.41) is 16.2. The van der Waals surface area contributed by atoms with E-state index in [0.29, 0.717) is 34.9 Å². The third-order valence-corrected chi connectivity index (χ3v) is 4.54. The van der Waals surface area contributed by atoms with Gasteiger partial charge in [-0.1, -0.05) is 31.4 Å². The Hall–Kier alpha value is -3.07. The van der Waals surface area contributed by atoms with Gasteiger partial charge in [0.2, 0.25) is 11.8 Å². The fraction of sp³-hybridized carbons (Fsp3) is 0.316. The second kappa shape index (κ2) is 6.81. The van der Waals surface area contributed by atoms with E-state index >= 15 is 0 Å². The molecule has 2 aromatic rings. The molecule has 0 spiro atoms. The van der Waals surface area contributed by atoms with E-state index in [1.165, 1.54) is 19.3 Å². The SMILES string of the molecule is N#CC(=C1Nc2ccccc2O1)c1ccnc(NC2CCCCC2)n1. The van der Waals surface area contributed by atoms with E-state index in [1.807, 2.05) is 24.3 Å². The summed E-state index contributed by atoms with van der Waals surface area (Å²) in [7, 11) is 0. The smallest absolute Gasteiger partial charge is 0.223 e. The third-order valence-electron chi connectivity index (χ3n) is 4.54. The zero-order valence-electron chi connectivity index (χ0n) is 13.8. The average molecular weight is 333 g/mol. The van der Waals surface area contributed by atoms with Crippen LogP contribution in [0.3, 0.4) is 0 Å². The molecule has 1 saturated carbocycles. The van der Waals surface area contributed by atoms with Crippen LogP contribution in [0.15, 0.2) is 42.4 Å². The molecular weight excluding hydrogens is 314 g/mol. The van der Waals surface area contributed by atoms with Gasteiger partial charge in [-0.3, -0.25) is 0 Å². The third kappa shape index (κ3) is 3.26. The number of para-hydroxylation sites is 2. The van der Waals surface area contributed by atoms with Crippen LogP contribution in [0, 0.1) is 11.3 Å². The summed E-state index contributed by atoms with van der Waals surface area (Å²) >= 11 is 0. The fourth-order valence-electron chi connectivity index (χ4n) is 3.25. The zero-order valence-corrected chi connectivity index (χ0v) is 13.8. The van der Waals surface area contributed by atoms with E-state index < -0.39 is 0 Å². The molecule has 2 aliphatic rings. The minimum absolute atomic E-state index is 0.366. The molecule has 25 heavy (non-hydrogen) atoms. The number of rotatable bonds is 3. The number of nitriles is 1. The number of hydrogen-bond acceptors (Lipinski definition) is 6. The maximum absolute atomic E-state index is 9.62. The summed E-state index contributed by atoms with van der Waals surface area (Å²) in [4.78, 5) is 8.82. The van der Waals surface area contributed by atoms with Gasteiger partial charge < -0.3 is 15.4 Å². The Bertz CT molecular complexity index is 822. The number of fused-ring (bicyclic) bond motifs is 1. The number of nitrogens with one attached hydrogen (secondary N) is 2. The van der Waals surface area contributed by atoms with Crippen LogP contribution < -0.4 is 15.4 Å². The molecule has 2 heterocycles. The zero-order chi connectivity index (χ0) is 17.1. The Morgan fingerprint density at radius 2 is 2.04 bits per heavy atom. The van der Waals surface area contributed by atoms with Gasteiger partial charge in [0, 0.05) is 12.2 Å². The topological polar surface area (TPSA) is 82.9 Å². The molecule has 6 nitrogen and oxygen atoms in total. The second-order valence-corrected chi connectivity index (χ2v) is 6.28. The molecule has 0 unspecified atom stereocenters. The monoisotopic (exact) mass is 333 g/mol.